The van der Waals surface area contributed by atoms with Gasteiger partial charge in [-0.25, -0.2) is 0 Å². The first-order valence-electron chi connectivity index (χ1n) is 8.10. The molecule has 2 nitrogen and oxygen atoms in total. The third-order valence-corrected chi connectivity index (χ3v) is 4.54. The van der Waals surface area contributed by atoms with Crippen LogP contribution in [0.2, 0.25) is 0 Å². The summed E-state index contributed by atoms with van der Waals surface area (Å²) in [7, 11) is 0. The van der Waals surface area contributed by atoms with Gasteiger partial charge in [-0.05, 0) is 49.3 Å². The van der Waals surface area contributed by atoms with Gasteiger partial charge < -0.3 is 5.32 Å². The molecule has 0 unspecified atom stereocenters. The summed E-state index contributed by atoms with van der Waals surface area (Å²) < 4.78 is 0. The van der Waals surface area contributed by atoms with Crippen LogP contribution in [0.5, 0.6) is 0 Å². The van der Waals surface area contributed by atoms with Gasteiger partial charge in [0, 0.05) is 30.9 Å². The van der Waals surface area contributed by atoms with Crippen molar-refractivity contribution in [1.82, 2.24) is 10.3 Å². The molecular weight excluding hydrogens is 256 g/mol. The summed E-state index contributed by atoms with van der Waals surface area (Å²) in [5.41, 5.74) is 2.70. The predicted octanol–water partition coefficient (Wildman–Crippen LogP) is 3.94. The fraction of sp³-hybridized carbons (Fsp3) is 0.421. The van der Waals surface area contributed by atoms with E-state index in [0.717, 1.165) is 18.9 Å². The third kappa shape index (κ3) is 4.15. The van der Waals surface area contributed by atoms with E-state index in [9.17, 15) is 0 Å². The van der Waals surface area contributed by atoms with Crippen molar-refractivity contribution < 1.29 is 0 Å². The van der Waals surface area contributed by atoms with Crippen LogP contribution < -0.4 is 5.32 Å². The average molecular weight is 280 g/mol. The van der Waals surface area contributed by atoms with E-state index in [4.69, 9.17) is 0 Å². The smallest absolute Gasteiger partial charge is 0.0416 e. The summed E-state index contributed by atoms with van der Waals surface area (Å²) in [6.45, 7) is 1.04. The zero-order chi connectivity index (χ0) is 14.3. The van der Waals surface area contributed by atoms with E-state index >= 15 is 0 Å². The van der Waals surface area contributed by atoms with Crippen LogP contribution in [-0.4, -0.2) is 17.6 Å². The van der Waals surface area contributed by atoms with Gasteiger partial charge in [-0.2, -0.15) is 0 Å². The lowest BCUT2D eigenvalue weighted by Gasteiger charge is -2.29. The number of pyridine rings is 1. The normalized spacial score (nSPS) is 22.1. The van der Waals surface area contributed by atoms with Crippen molar-refractivity contribution in [2.45, 2.75) is 44.1 Å². The van der Waals surface area contributed by atoms with Crippen molar-refractivity contribution in [3.8, 4) is 0 Å². The predicted molar refractivity (Wildman–Crippen MR) is 87.4 cm³/mol. The van der Waals surface area contributed by atoms with E-state index in [1.54, 1.807) is 0 Å². The molecule has 110 valence electrons. The van der Waals surface area contributed by atoms with E-state index in [2.05, 4.69) is 52.8 Å². The highest BCUT2D eigenvalue weighted by Gasteiger charge is 2.21. The quantitative estimate of drug-likeness (QED) is 0.897. The second kappa shape index (κ2) is 7.37. The number of rotatable bonds is 5. The summed E-state index contributed by atoms with van der Waals surface area (Å²) in [6.07, 6.45) is 8.11. The van der Waals surface area contributed by atoms with Crippen molar-refractivity contribution in [1.29, 1.82) is 0 Å². The highest BCUT2D eigenvalue weighted by molar-refractivity contribution is 5.20. The Morgan fingerprint density at radius 1 is 0.905 bits per heavy atom. The molecule has 3 rings (SSSR count). The molecule has 0 saturated heterocycles. The monoisotopic (exact) mass is 280 g/mol. The summed E-state index contributed by atoms with van der Waals surface area (Å²) in [5, 5.41) is 3.70. The molecule has 1 saturated carbocycles. The lowest BCUT2D eigenvalue weighted by atomic mass is 9.82. The van der Waals surface area contributed by atoms with Crippen molar-refractivity contribution in [3.63, 3.8) is 0 Å². The first kappa shape index (κ1) is 14.3. The van der Waals surface area contributed by atoms with E-state index in [-0.39, 0.29) is 0 Å². The first-order valence-corrected chi connectivity index (χ1v) is 8.10. The lowest BCUT2D eigenvalue weighted by molar-refractivity contribution is 0.344. The molecule has 1 heterocycles. The molecule has 1 N–H and O–H groups in total. The van der Waals surface area contributed by atoms with Gasteiger partial charge >= 0.3 is 0 Å². The molecule has 0 bridgehead atoms. The first-order chi connectivity index (χ1) is 10.4. The second-order valence-electron chi connectivity index (χ2n) is 5.98. The van der Waals surface area contributed by atoms with Crippen LogP contribution in [0.1, 0.15) is 42.9 Å². The largest absolute Gasteiger partial charge is 0.314 e. The van der Waals surface area contributed by atoms with Crippen LogP contribution in [0, 0.1) is 0 Å². The fourth-order valence-corrected chi connectivity index (χ4v) is 3.31. The minimum absolute atomic E-state index is 0.689. The molecule has 2 aromatic rings. The maximum Gasteiger partial charge on any atom is 0.0416 e. The zero-order valence-electron chi connectivity index (χ0n) is 12.5. The zero-order valence-corrected chi connectivity index (χ0v) is 12.5. The van der Waals surface area contributed by atoms with E-state index in [1.807, 2.05) is 12.3 Å². The van der Waals surface area contributed by atoms with Crippen LogP contribution in [0.4, 0.5) is 0 Å². The molecule has 1 aromatic carbocycles. The molecule has 1 aliphatic rings. The van der Waals surface area contributed by atoms with Gasteiger partial charge in [0.25, 0.3) is 0 Å². The molecule has 1 aromatic heterocycles. The maximum atomic E-state index is 4.37. The van der Waals surface area contributed by atoms with Crippen molar-refractivity contribution in [2.75, 3.05) is 6.54 Å². The van der Waals surface area contributed by atoms with Gasteiger partial charge in [-0.15, -0.1) is 0 Å². The van der Waals surface area contributed by atoms with Crippen LogP contribution in [0.3, 0.4) is 0 Å². The SMILES string of the molecule is c1ccc(C2CCC(NCCc3ccccn3)CC2)cc1. The van der Waals surface area contributed by atoms with Gasteiger partial charge in [0.15, 0.2) is 0 Å². The number of nitrogens with one attached hydrogen (secondary N) is 1. The molecule has 2 heteroatoms. The number of nitrogens with zero attached hydrogens (tertiary/aromatic N) is 1. The van der Waals surface area contributed by atoms with Crippen LogP contribution in [0.25, 0.3) is 0 Å². The highest BCUT2D eigenvalue weighted by Crippen LogP contribution is 2.32. The van der Waals surface area contributed by atoms with Gasteiger partial charge in [0.1, 0.15) is 0 Å². The minimum Gasteiger partial charge on any atom is -0.314 e. The van der Waals surface area contributed by atoms with Gasteiger partial charge in [0.2, 0.25) is 0 Å². The summed E-state index contributed by atoms with van der Waals surface area (Å²) >= 11 is 0. The molecule has 0 amide bonds. The van der Waals surface area contributed by atoms with Crippen molar-refractivity contribution in [3.05, 3.63) is 66.0 Å². The average Bonchev–Trinajstić information content (AvgIpc) is 2.57. The summed E-state index contributed by atoms with van der Waals surface area (Å²) in [5.74, 6) is 0.764. The van der Waals surface area contributed by atoms with Crippen molar-refractivity contribution >= 4 is 0 Å². The Morgan fingerprint density at radius 2 is 1.67 bits per heavy atom. The van der Waals surface area contributed by atoms with Crippen LogP contribution in [-0.2, 0) is 6.42 Å². The molecule has 21 heavy (non-hydrogen) atoms. The summed E-state index contributed by atoms with van der Waals surface area (Å²) in [4.78, 5) is 4.37. The van der Waals surface area contributed by atoms with Gasteiger partial charge in [0.05, 0.1) is 0 Å². The maximum absolute atomic E-state index is 4.37. The van der Waals surface area contributed by atoms with Crippen LogP contribution >= 0.6 is 0 Å². The molecular formula is C19H24N2. The third-order valence-electron chi connectivity index (χ3n) is 4.54. The molecule has 0 aliphatic heterocycles. The highest BCUT2D eigenvalue weighted by atomic mass is 14.9. The fourth-order valence-electron chi connectivity index (χ4n) is 3.31. The number of benzene rings is 1. The standard InChI is InChI=1S/C19H24N2/c1-2-6-16(7-3-1)17-9-11-19(12-10-17)21-15-13-18-8-4-5-14-20-18/h1-8,14,17,19,21H,9-13,15H2. The van der Waals surface area contributed by atoms with Gasteiger partial charge in [-0.3, -0.25) is 4.98 Å². The van der Waals surface area contributed by atoms with Crippen molar-refractivity contribution in [2.24, 2.45) is 0 Å². The Bertz CT molecular complexity index is 513. The summed E-state index contributed by atoms with van der Waals surface area (Å²) in [6, 6.07) is 17.8. The number of aromatic nitrogens is 1. The second-order valence-corrected chi connectivity index (χ2v) is 5.98. The lowest BCUT2D eigenvalue weighted by Crippen LogP contribution is -2.34. The Balaban J connectivity index is 1.40. The molecule has 0 spiro atoms. The number of hydrogen-bond acceptors (Lipinski definition) is 2. The molecule has 1 fully saturated rings. The number of hydrogen-bond donors (Lipinski definition) is 1. The Labute approximate surface area is 127 Å². The Hall–Kier alpha value is -1.67. The van der Waals surface area contributed by atoms with E-state index < -0.39 is 0 Å². The molecule has 1 aliphatic carbocycles. The van der Waals surface area contributed by atoms with Gasteiger partial charge in [-0.1, -0.05) is 36.4 Å². The Morgan fingerprint density at radius 3 is 2.38 bits per heavy atom. The minimum atomic E-state index is 0.689. The molecule has 0 radical (unpaired) electrons. The molecule has 0 atom stereocenters. The van der Waals surface area contributed by atoms with E-state index in [0.29, 0.717) is 6.04 Å². The van der Waals surface area contributed by atoms with Crippen LogP contribution in [0.15, 0.2) is 54.7 Å². The Kier molecular flexibility index (Phi) is 5.01. The van der Waals surface area contributed by atoms with E-state index in [1.165, 1.54) is 36.9 Å². The topological polar surface area (TPSA) is 24.9 Å².